The Morgan fingerprint density at radius 2 is 2.00 bits per heavy atom. The van der Waals surface area contributed by atoms with Gasteiger partial charge in [0.15, 0.2) is 9.84 Å². The molecule has 1 saturated heterocycles. The van der Waals surface area contributed by atoms with E-state index in [0.29, 0.717) is 6.54 Å². The zero-order valence-corrected chi connectivity index (χ0v) is 12.4. The summed E-state index contributed by atoms with van der Waals surface area (Å²) in [5.74, 6) is 0.179. The Morgan fingerprint density at radius 3 is 2.41 bits per heavy atom. The number of ether oxygens (including phenoxy) is 1. The third kappa shape index (κ3) is 3.42. The highest BCUT2D eigenvalue weighted by Gasteiger charge is 2.37. The highest BCUT2D eigenvalue weighted by molar-refractivity contribution is 7.92. The zero-order valence-electron chi connectivity index (χ0n) is 11.5. The van der Waals surface area contributed by atoms with Crippen LogP contribution >= 0.6 is 0 Å². The van der Waals surface area contributed by atoms with Crippen LogP contribution in [0, 0.1) is 0 Å². The van der Waals surface area contributed by atoms with Gasteiger partial charge in [-0.05, 0) is 41.0 Å². The Morgan fingerprint density at radius 1 is 1.41 bits per heavy atom. The lowest BCUT2D eigenvalue weighted by Crippen LogP contribution is -2.50. The molecule has 0 aromatic heterocycles. The highest BCUT2D eigenvalue weighted by Crippen LogP contribution is 2.25. The Hall–Kier alpha value is -0.130. The fourth-order valence-electron chi connectivity index (χ4n) is 1.84. The van der Waals surface area contributed by atoms with Gasteiger partial charge in [0.25, 0.3) is 0 Å². The van der Waals surface area contributed by atoms with E-state index >= 15 is 0 Å². The van der Waals surface area contributed by atoms with Gasteiger partial charge in [0.1, 0.15) is 0 Å². The number of rotatable bonds is 4. The summed E-state index contributed by atoms with van der Waals surface area (Å²) in [6.45, 7) is 10.6. The van der Waals surface area contributed by atoms with Crippen molar-refractivity contribution in [1.82, 2.24) is 5.32 Å². The molecule has 1 heterocycles. The maximum Gasteiger partial charge on any atom is 0.156 e. The summed E-state index contributed by atoms with van der Waals surface area (Å²) in [6, 6.07) is 0. The first-order valence-electron chi connectivity index (χ1n) is 6.17. The van der Waals surface area contributed by atoms with Crippen LogP contribution in [-0.4, -0.2) is 43.7 Å². The minimum Gasteiger partial charge on any atom is -0.377 e. The van der Waals surface area contributed by atoms with Gasteiger partial charge in [0.05, 0.1) is 16.6 Å². The SMILES string of the molecule is CC1OCCC1(C)NCCS(=O)(=O)C(C)(C)C. The molecule has 0 aliphatic carbocycles. The summed E-state index contributed by atoms with van der Waals surface area (Å²) < 4.78 is 28.7. The van der Waals surface area contributed by atoms with Crippen molar-refractivity contribution in [3.05, 3.63) is 0 Å². The van der Waals surface area contributed by atoms with E-state index in [9.17, 15) is 8.42 Å². The third-order valence-corrected chi connectivity index (χ3v) is 6.33. The van der Waals surface area contributed by atoms with E-state index < -0.39 is 14.6 Å². The molecular weight excluding hydrogens is 238 g/mol. The van der Waals surface area contributed by atoms with Gasteiger partial charge in [-0.25, -0.2) is 8.42 Å². The maximum absolute atomic E-state index is 11.9. The second kappa shape index (κ2) is 4.86. The van der Waals surface area contributed by atoms with Crippen molar-refractivity contribution in [2.45, 2.75) is 57.4 Å². The molecular formula is C12H25NO3S. The van der Waals surface area contributed by atoms with E-state index in [1.54, 1.807) is 20.8 Å². The lowest BCUT2D eigenvalue weighted by atomic mass is 9.95. The van der Waals surface area contributed by atoms with Gasteiger partial charge in [0.2, 0.25) is 0 Å². The molecule has 1 N–H and O–H groups in total. The smallest absolute Gasteiger partial charge is 0.156 e. The molecule has 0 radical (unpaired) electrons. The van der Waals surface area contributed by atoms with E-state index in [2.05, 4.69) is 12.2 Å². The fraction of sp³-hybridized carbons (Fsp3) is 1.00. The zero-order chi connectivity index (χ0) is 13.3. The minimum atomic E-state index is -3.04. The predicted molar refractivity (Wildman–Crippen MR) is 70.0 cm³/mol. The first-order valence-corrected chi connectivity index (χ1v) is 7.83. The van der Waals surface area contributed by atoms with Crippen LogP contribution in [0.15, 0.2) is 0 Å². The van der Waals surface area contributed by atoms with Crippen molar-refractivity contribution in [3.8, 4) is 0 Å². The Balaban J connectivity index is 2.49. The van der Waals surface area contributed by atoms with Gasteiger partial charge in [-0.1, -0.05) is 0 Å². The Bertz CT molecular complexity index is 358. The molecule has 0 aromatic rings. The highest BCUT2D eigenvalue weighted by atomic mass is 32.2. The van der Waals surface area contributed by atoms with Gasteiger partial charge < -0.3 is 10.1 Å². The molecule has 0 bridgehead atoms. The number of hydrogen-bond acceptors (Lipinski definition) is 4. The molecule has 0 amide bonds. The molecule has 0 saturated carbocycles. The average molecular weight is 263 g/mol. The summed E-state index contributed by atoms with van der Waals surface area (Å²) in [4.78, 5) is 0. The van der Waals surface area contributed by atoms with Gasteiger partial charge in [-0.15, -0.1) is 0 Å². The average Bonchev–Trinajstić information content (AvgIpc) is 2.45. The molecule has 1 rings (SSSR count). The molecule has 4 nitrogen and oxygen atoms in total. The van der Waals surface area contributed by atoms with Crippen LogP contribution in [0.1, 0.15) is 41.0 Å². The monoisotopic (exact) mass is 263 g/mol. The Kier molecular flexibility index (Phi) is 4.27. The van der Waals surface area contributed by atoms with Gasteiger partial charge in [-0.3, -0.25) is 0 Å². The summed E-state index contributed by atoms with van der Waals surface area (Å²) in [6.07, 6.45) is 1.07. The quantitative estimate of drug-likeness (QED) is 0.832. The number of hydrogen-bond donors (Lipinski definition) is 1. The van der Waals surface area contributed by atoms with E-state index in [1.165, 1.54) is 0 Å². The summed E-state index contributed by atoms with van der Waals surface area (Å²) >= 11 is 0. The summed E-state index contributed by atoms with van der Waals surface area (Å²) in [7, 11) is -3.04. The third-order valence-electron chi connectivity index (χ3n) is 3.72. The molecule has 5 heteroatoms. The van der Waals surface area contributed by atoms with Crippen molar-refractivity contribution < 1.29 is 13.2 Å². The van der Waals surface area contributed by atoms with Gasteiger partial charge >= 0.3 is 0 Å². The minimum absolute atomic E-state index is 0.0899. The van der Waals surface area contributed by atoms with Crippen LogP contribution < -0.4 is 5.32 Å². The van der Waals surface area contributed by atoms with Crippen molar-refractivity contribution in [2.75, 3.05) is 18.9 Å². The summed E-state index contributed by atoms with van der Waals surface area (Å²) in [5.41, 5.74) is -0.0899. The van der Waals surface area contributed by atoms with Crippen molar-refractivity contribution in [1.29, 1.82) is 0 Å². The van der Waals surface area contributed by atoms with Crippen LogP contribution in [0.3, 0.4) is 0 Å². The van der Waals surface area contributed by atoms with Gasteiger partial charge in [0, 0.05) is 18.7 Å². The molecule has 0 spiro atoms. The second-order valence-corrected chi connectivity index (χ2v) is 8.90. The lowest BCUT2D eigenvalue weighted by Gasteiger charge is -2.29. The first-order chi connectivity index (χ1) is 7.58. The van der Waals surface area contributed by atoms with Crippen molar-refractivity contribution in [2.24, 2.45) is 0 Å². The molecule has 2 atom stereocenters. The number of nitrogens with one attached hydrogen (secondary N) is 1. The van der Waals surface area contributed by atoms with Crippen LogP contribution in [0.5, 0.6) is 0 Å². The second-order valence-electron chi connectivity index (χ2n) is 6.04. The van der Waals surface area contributed by atoms with Gasteiger partial charge in [-0.2, -0.15) is 0 Å². The first kappa shape index (κ1) is 14.9. The molecule has 0 aromatic carbocycles. The molecule has 102 valence electrons. The maximum atomic E-state index is 11.9. The normalized spacial score (nSPS) is 30.8. The van der Waals surface area contributed by atoms with Crippen LogP contribution in [0.4, 0.5) is 0 Å². The predicted octanol–water partition coefficient (Wildman–Crippen LogP) is 1.36. The van der Waals surface area contributed by atoms with E-state index in [0.717, 1.165) is 13.0 Å². The van der Waals surface area contributed by atoms with Crippen LogP contribution in [0.2, 0.25) is 0 Å². The van der Waals surface area contributed by atoms with Crippen LogP contribution in [-0.2, 0) is 14.6 Å². The van der Waals surface area contributed by atoms with E-state index in [4.69, 9.17) is 4.74 Å². The van der Waals surface area contributed by atoms with E-state index in [-0.39, 0.29) is 17.4 Å². The molecule has 1 fully saturated rings. The largest absolute Gasteiger partial charge is 0.377 e. The molecule has 1 aliphatic rings. The van der Waals surface area contributed by atoms with Crippen LogP contribution in [0.25, 0.3) is 0 Å². The topological polar surface area (TPSA) is 55.4 Å². The molecule has 1 aliphatic heterocycles. The summed E-state index contributed by atoms with van der Waals surface area (Å²) in [5, 5.41) is 3.33. The standard InChI is InChI=1S/C12H25NO3S/c1-10-12(5,6-8-16-10)13-7-9-17(14,15)11(2,3)4/h10,13H,6-9H2,1-5H3. The Labute approximate surface area is 105 Å². The number of sulfone groups is 1. The molecule has 2 unspecified atom stereocenters. The fourth-order valence-corrected chi connectivity index (χ4v) is 2.83. The van der Waals surface area contributed by atoms with Crippen molar-refractivity contribution >= 4 is 9.84 Å². The molecule has 17 heavy (non-hydrogen) atoms. The van der Waals surface area contributed by atoms with Crippen molar-refractivity contribution in [3.63, 3.8) is 0 Å². The lowest BCUT2D eigenvalue weighted by molar-refractivity contribution is 0.0894. The van der Waals surface area contributed by atoms with E-state index in [1.807, 2.05) is 6.92 Å².